The number of nitrogens with two attached hydrogens (primary N) is 1. The number of benzene rings is 1. The van der Waals surface area contributed by atoms with Crippen molar-refractivity contribution in [3.8, 4) is 5.75 Å². The summed E-state index contributed by atoms with van der Waals surface area (Å²) in [6, 6.07) is 11.4. The van der Waals surface area contributed by atoms with Crippen LogP contribution >= 0.6 is 12.2 Å². The summed E-state index contributed by atoms with van der Waals surface area (Å²) in [5.74, 6) is 1.40. The highest BCUT2D eigenvalue weighted by molar-refractivity contribution is 7.80. The van der Waals surface area contributed by atoms with Gasteiger partial charge >= 0.3 is 0 Å². The molecular weight excluding hydrogens is 272 g/mol. The van der Waals surface area contributed by atoms with Gasteiger partial charge in [0.1, 0.15) is 16.4 Å². The standard InChI is InChI=1S/C14H16N4OS/c15-13(20)12-7-9-17-14(18-12)16-8-4-10-19-11-5-2-1-3-6-11/h1-3,5-7,9H,4,8,10H2,(H2,15,20)(H,16,17,18). The number of ether oxygens (including phenoxy) is 1. The zero-order valence-electron chi connectivity index (χ0n) is 11.0. The highest BCUT2D eigenvalue weighted by Gasteiger charge is 2.00. The first-order chi connectivity index (χ1) is 9.75. The molecule has 2 aromatic rings. The van der Waals surface area contributed by atoms with E-state index in [1.165, 1.54) is 0 Å². The molecule has 0 spiro atoms. The van der Waals surface area contributed by atoms with E-state index in [9.17, 15) is 0 Å². The van der Waals surface area contributed by atoms with Gasteiger partial charge in [0.15, 0.2) is 0 Å². The smallest absolute Gasteiger partial charge is 0.223 e. The van der Waals surface area contributed by atoms with Crippen molar-refractivity contribution in [3.05, 3.63) is 48.3 Å². The summed E-state index contributed by atoms with van der Waals surface area (Å²) in [5, 5.41) is 3.11. The van der Waals surface area contributed by atoms with E-state index < -0.39 is 0 Å². The van der Waals surface area contributed by atoms with E-state index >= 15 is 0 Å². The van der Waals surface area contributed by atoms with Crippen LogP contribution in [0.25, 0.3) is 0 Å². The predicted molar refractivity (Wildman–Crippen MR) is 83.0 cm³/mol. The number of hydrogen-bond donors (Lipinski definition) is 2. The molecule has 3 N–H and O–H groups in total. The summed E-state index contributed by atoms with van der Waals surface area (Å²) in [7, 11) is 0. The monoisotopic (exact) mass is 288 g/mol. The molecule has 1 heterocycles. The highest BCUT2D eigenvalue weighted by Crippen LogP contribution is 2.08. The first-order valence-electron chi connectivity index (χ1n) is 6.30. The maximum atomic E-state index is 5.58. The van der Waals surface area contributed by atoms with Crippen molar-refractivity contribution in [2.24, 2.45) is 5.73 Å². The van der Waals surface area contributed by atoms with Crippen molar-refractivity contribution < 1.29 is 4.74 Å². The Morgan fingerprint density at radius 2 is 2.05 bits per heavy atom. The molecule has 0 aliphatic heterocycles. The Morgan fingerprint density at radius 3 is 2.80 bits per heavy atom. The van der Waals surface area contributed by atoms with Crippen LogP contribution in [0.4, 0.5) is 5.95 Å². The number of aromatic nitrogens is 2. The van der Waals surface area contributed by atoms with Crippen molar-refractivity contribution in [1.82, 2.24) is 9.97 Å². The SMILES string of the molecule is NC(=S)c1ccnc(NCCCOc2ccccc2)n1. The number of nitrogens with zero attached hydrogens (tertiary/aromatic N) is 2. The van der Waals surface area contributed by atoms with Gasteiger partial charge in [0, 0.05) is 12.7 Å². The quantitative estimate of drug-likeness (QED) is 0.599. The Balaban J connectivity index is 1.71. The van der Waals surface area contributed by atoms with Crippen molar-refractivity contribution >= 4 is 23.2 Å². The number of anilines is 1. The number of rotatable bonds is 7. The number of hydrogen-bond acceptors (Lipinski definition) is 5. The van der Waals surface area contributed by atoms with Gasteiger partial charge in [-0.2, -0.15) is 0 Å². The van der Waals surface area contributed by atoms with E-state index in [-0.39, 0.29) is 4.99 Å². The fourth-order valence-corrected chi connectivity index (χ4v) is 1.67. The molecule has 0 saturated carbocycles. The van der Waals surface area contributed by atoms with Crippen molar-refractivity contribution in [3.63, 3.8) is 0 Å². The Bertz CT molecular complexity index is 562. The largest absolute Gasteiger partial charge is 0.494 e. The molecule has 0 aliphatic rings. The molecule has 5 nitrogen and oxygen atoms in total. The normalized spacial score (nSPS) is 10.0. The van der Waals surface area contributed by atoms with Crippen LogP contribution in [0.1, 0.15) is 12.1 Å². The minimum absolute atomic E-state index is 0.267. The number of nitrogens with one attached hydrogen (secondary N) is 1. The van der Waals surface area contributed by atoms with Crippen LogP contribution in [0.2, 0.25) is 0 Å². The van der Waals surface area contributed by atoms with E-state index in [1.807, 2.05) is 30.3 Å². The average Bonchev–Trinajstić information content (AvgIpc) is 2.48. The Hall–Kier alpha value is -2.21. The summed E-state index contributed by atoms with van der Waals surface area (Å²) in [5.41, 5.74) is 6.08. The summed E-state index contributed by atoms with van der Waals surface area (Å²) in [6.07, 6.45) is 2.47. The van der Waals surface area contributed by atoms with Gasteiger partial charge in [-0.25, -0.2) is 9.97 Å². The van der Waals surface area contributed by atoms with Crippen LogP contribution in [-0.4, -0.2) is 28.1 Å². The number of para-hydroxylation sites is 1. The molecule has 1 aromatic heterocycles. The fourth-order valence-electron chi connectivity index (χ4n) is 1.56. The predicted octanol–water partition coefficient (Wildman–Crippen LogP) is 1.99. The van der Waals surface area contributed by atoms with Gasteiger partial charge in [0.25, 0.3) is 0 Å². The molecule has 20 heavy (non-hydrogen) atoms. The summed E-state index contributed by atoms with van der Waals surface area (Å²) in [6.45, 7) is 1.35. The van der Waals surface area contributed by atoms with E-state index in [1.54, 1.807) is 12.3 Å². The molecule has 0 fully saturated rings. The Morgan fingerprint density at radius 1 is 1.25 bits per heavy atom. The van der Waals surface area contributed by atoms with E-state index in [2.05, 4.69) is 15.3 Å². The van der Waals surface area contributed by atoms with Gasteiger partial charge in [-0.3, -0.25) is 0 Å². The molecule has 6 heteroatoms. The first-order valence-corrected chi connectivity index (χ1v) is 6.71. The lowest BCUT2D eigenvalue weighted by Crippen LogP contribution is -2.14. The maximum Gasteiger partial charge on any atom is 0.223 e. The molecule has 104 valence electrons. The fraction of sp³-hybridized carbons (Fsp3) is 0.214. The van der Waals surface area contributed by atoms with Gasteiger partial charge in [0.05, 0.1) is 6.61 Å². The second kappa shape index (κ2) is 7.40. The third kappa shape index (κ3) is 4.47. The molecule has 1 aromatic carbocycles. The molecule has 2 rings (SSSR count). The maximum absolute atomic E-state index is 5.58. The number of thiocarbonyl (C=S) groups is 1. The van der Waals surface area contributed by atoms with Gasteiger partial charge in [-0.05, 0) is 24.6 Å². The zero-order valence-corrected chi connectivity index (χ0v) is 11.8. The lowest BCUT2D eigenvalue weighted by Gasteiger charge is -2.07. The zero-order chi connectivity index (χ0) is 14.2. The highest BCUT2D eigenvalue weighted by atomic mass is 32.1. The molecule has 0 aliphatic carbocycles. The van der Waals surface area contributed by atoms with Crippen molar-refractivity contribution in [2.45, 2.75) is 6.42 Å². The van der Waals surface area contributed by atoms with Crippen LogP contribution in [0.15, 0.2) is 42.6 Å². The lowest BCUT2D eigenvalue weighted by molar-refractivity contribution is 0.315. The van der Waals surface area contributed by atoms with Gasteiger partial charge in [0.2, 0.25) is 5.95 Å². The average molecular weight is 288 g/mol. The van der Waals surface area contributed by atoms with Crippen LogP contribution in [-0.2, 0) is 0 Å². The van der Waals surface area contributed by atoms with E-state index in [0.717, 1.165) is 12.2 Å². The van der Waals surface area contributed by atoms with Crippen LogP contribution in [0.5, 0.6) is 5.75 Å². The summed E-state index contributed by atoms with van der Waals surface area (Å²) >= 11 is 4.87. The topological polar surface area (TPSA) is 73.1 Å². The summed E-state index contributed by atoms with van der Waals surface area (Å²) < 4.78 is 5.58. The Kier molecular flexibility index (Phi) is 5.25. The molecule has 0 atom stereocenters. The molecule has 0 unspecified atom stereocenters. The molecular formula is C14H16N4OS. The first kappa shape index (κ1) is 14.2. The molecule has 0 radical (unpaired) electrons. The van der Waals surface area contributed by atoms with Gasteiger partial charge in [-0.15, -0.1) is 0 Å². The molecule has 0 saturated heterocycles. The third-order valence-corrected chi connectivity index (χ3v) is 2.73. The lowest BCUT2D eigenvalue weighted by atomic mass is 10.3. The third-order valence-electron chi connectivity index (χ3n) is 2.52. The van der Waals surface area contributed by atoms with Crippen molar-refractivity contribution in [2.75, 3.05) is 18.5 Å². The van der Waals surface area contributed by atoms with Gasteiger partial charge in [-0.1, -0.05) is 30.4 Å². The van der Waals surface area contributed by atoms with Crippen LogP contribution < -0.4 is 15.8 Å². The van der Waals surface area contributed by atoms with E-state index in [0.29, 0.717) is 24.8 Å². The molecule has 0 amide bonds. The summed E-state index contributed by atoms with van der Waals surface area (Å²) in [4.78, 5) is 8.56. The van der Waals surface area contributed by atoms with E-state index in [4.69, 9.17) is 22.7 Å². The van der Waals surface area contributed by atoms with Gasteiger partial charge < -0.3 is 15.8 Å². The second-order valence-corrected chi connectivity index (χ2v) is 4.51. The van der Waals surface area contributed by atoms with Crippen molar-refractivity contribution in [1.29, 1.82) is 0 Å². The Labute approximate surface area is 123 Å². The van der Waals surface area contributed by atoms with Crippen LogP contribution in [0, 0.1) is 0 Å². The minimum Gasteiger partial charge on any atom is -0.494 e. The minimum atomic E-state index is 0.267. The second-order valence-electron chi connectivity index (χ2n) is 4.07. The molecule has 0 bridgehead atoms. The van der Waals surface area contributed by atoms with Crippen LogP contribution in [0.3, 0.4) is 0 Å².